The predicted molar refractivity (Wildman–Crippen MR) is 78.2 cm³/mol. The number of hydrogen-bond acceptors (Lipinski definition) is 2. The van der Waals surface area contributed by atoms with Gasteiger partial charge in [-0.3, -0.25) is 4.79 Å². The van der Waals surface area contributed by atoms with Gasteiger partial charge in [-0.25, -0.2) is 4.98 Å². The van der Waals surface area contributed by atoms with Crippen molar-refractivity contribution in [3.63, 3.8) is 0 Å². The SMILES string of the molecule is CN(Cc1nccn1C)C(=O)c1ccccc1I. The minimum Gasteiger partial charge on any atom is -0.337 e. The molecule has 2 rings (SSSR count). The lowest BCUT2D eigenvalue weighted by Gasteiger charge is -2.17. The predicted octanol–water partition coefficient (Wildman–Crippen LogP) is 2.30. The first-order chi connectivity index (χ1) is 8.59. The standard InChI is InChI=1S/C13H14IN3O/c1-16-8-7-15-12(16)9-17(2)13(18)10-5-3-4-6-11(10)14/h3-8H,9H2,1-2H3. The van der Waals surface area contributed by atoms with Crippen LogP contribution >= 0.6 is 22.6 Å². The maximum Gasteiger partial charge on any atom is 0.255 e. The highest BCUT2D eigenvalue weighted by atomic mass is 127. The summed E-state index contributed by atoms with van der Waals surface area (Å²) in [5, 5.41) is 0. The van der Waals surface area contributed by atoms with Crippen LogP contribution in [0.4, 0.5) is 0 Å². The number of halogens is 1. The van der Waals surface area contributed by atoms with Crippen LogP contribution in [-0.2, 0) is 13.6 Å². The number of rotatable bonds is 3. The molecule has 0 atom stereocenters. The molecule has 1 aromatic heterocycles. The number of benzene rings is 1. The van der Waals surface area contributed by atoms with Gasteiger partial charge in [-0.1, -0.05) is 12.1 Å². The van der Waals surface area contributed by atoms with Crippen molar-refractivity contribution >= 4 is 28.5 Å². The van der Waals surface area contributed by atoms with Crippen LogP contribution in [0.15, 0.2) is 36.7 Å². The van der Waals surface area contributed by atoms with Gasteiger partial charge in [-0.2, -0.15) is 0 Å². The quantitative estimate of drug-likeness (QED) is 0.793. The van der Waals surface area contributed by atoms with Gasteiger partial charge in [0.1, 0.15) is 5.82 Å². The Labute approximate surface area is 120 Å². The van der Waals surface area contributed by atoms with Crippen LogP contribution in [0, 0.1) is 3.57 Å². The van der Waals surface area contributed by atoms with Crippen molar-refractivity contribution in [2.24, 2.45) is 7.05 Å². The number of hydrogen-bond donors (Lipinski definition) is 0. The van der Waals surface area contributed by atoms with Gasteiger partial charge in [-0.15, -0.1) is 0 Å². The Morgan fingerprint density at radius 2 is 2.17 bits per heavy atom. The average Bonchev–Trinajstić information content (AvgIpc) is 2.75. The molecule has 0 fully saturated rings. The third-order valence-corrected chi connectivity index (χ3v) is 3.69. The lowest BCUT2D eigenvalue weighted by molar-refractivity contribution is 0.0779. The van der Waals surface area contributed by atoms with Crippen LogP contribution in [0.3, 0.4) is 0 Å². The second-order valence-electron chi connectivity index (χ2n) is 4.10. The fourth-order valence-electron chi connectivity index (χ4n) is 1.67. The number of carbonyl (C=O) groups is 1. The van der Waals surface area contributed by atoms with E-state index >= 15 is 0 Å². The van der Waals surface area contributed by atoms with E-state index in [9.17, 15) is 4.79 Å². The van der Waals surface area contributed by atoms with Gasteiger partial charge < -0.3 is 9.47 Å². The fraction of sp³-hybridized carbons (Fsp3) is 0.231. The molecule has 0 unspecified atom stereocenters. The molecule has 4 nitrogen and oxygen atoms in total. The summed E-state index contributed by atoms with van der Waals surface area (Å²) in [7, 11) is 3.72. The third-order valence-electron chi connectivity index (χ3n) is 2.75. The second-order valence-corrected chi connectivity index (χ2v) is 5.26. The van der Waals surface area contributed by atoms with Crippen LogP contribution < -0.4 is 0 Å². The molecule has 18 heavy (non-hydrogen) atoms. The summed E-state index contributed by atoms with van der Waals surface area (Å²) in [5.41, 5.74) is 0.731. The molecule has 0 saturated heterocycles. The highest BCUT2D eigenvalue weighted by Gasteiger charge is 2.15. The van der Waals surface area contributed by atoms with Crippen LogP contribution in [0.1, 0.15) is 16.2 Å². The zero-order valence-electron chi connectivity index (χ0n) is 10.3. The van der Waals surface area contributed by atoms with E-state index in [-0.39, 0.29) is 5.91 Å². The first kappa shape index (κ1) is 13.1. The smallest absolute Gasteiger partial charge is 0.255 e. The van der Waals surface area contributed by atoms with E-state index in [0.29, 0.717) is 6.54 Å². The largest absolute Gasteiger partial charge is 0.337 e. The highest BCUT2D eigenvalue weighted by Crippen LogP contribution is 2.14. The molecular weight excluding hydrogens is 341 g/mol. The number of amides is 1. The average molecular weight is 355 g/mol. The van der Waals surface area contributed by atoms with Crippen molar-refractivity contribution in [2.75, 3.05) is 7.05 Å². The number of imidazole rings is 1. The molecule has 0 aliphatic carbocycles. The summed E-state index contributed by atoms with van der Waals surface area (Å²) in [6.45, 7) is 0.507. The molecular formula is C13H14IN3O. The van der Waals surface area contributed by atoms with Gasteiger partial charge in [0.25, 0.3) is 5.91 Å². The first-order valence-electron chi connectivity index (χ1n) is 5.56. The van der Waals surface area contributed by atoms with Crippen molar-refractivity contribution in [2.45, 2.75) is 6.54 Å². The Hall–Kier alpha value is -1.37. The molecule has 1 amide bonds. The molecule has 2 aromatic rings. The lowest BCUT2D eigenvalue weighted by atomic mass is 10.2. The van der Waals surface area contributed by atoms with Crippen molar-refractivity contribution in [3.8, 4) is 0 Å². The molecule has 1 heterocycles. The molecule has 0 N–H and O–H groups in total. The van der Waals surface area contributed by atoms with Crippen LogP contribution in [0.2, 0.25) is 0 Å². The Morgan fingerprint density at radius 3 is 2.78 bits per heavy atom. The molecule has 1 aromatic carbocycles. The molecule has 94 valence electrons. The maximum absolute atomic E-state index is 12.3. The third kappa shape index (κ3) is 2.72. The van der Waals surface area contributed by atoms with Crippen molar-refractivity contribution in [1.82, 2.24) is 14.5 Å². The summed E-state index contributed by atoms with van der Waals surface area (Å²) < 4.78 is 2.88. The summed E-state index contributed by atoms with van der Waals surface area (Å²) >= 11 is 2.18. The van der Waals surface area contributed by atoms with Gasteiger partial charge in [0.05, 0.1) is 12.1 Å². The van der Waals surface area contributed by atoms with E-state index in [0.717, 1.165) is 15.0 Å². The molecule has 0 aliphatic heterocycles. The molecule has 5 heteroatoms. The van der Waals surface area contributed by atoms with Gasteiger partial charge in [0.2, 0.25) is 0 Å². The van der Waals surface area contributed by atoms with Crippen LogP contribution in [0.5, 0.6) is 0 Å². The topological polar surface area (TPSA) is 38.1 Å². The van der Waals surface area contributed by atoms with E-state index in [4.69, 9.17) is 0 Å². The van der Waals surface area contributed by atoms with Gasteiger partial charge >= 0.3 is 0 Å². The number of carbonyl (C=O) groups excluding carboxylic acids is 1. The van der Waals surface area contributed by atoms with Crippen molar-refractivity contribution in [3.05, 3.63) is 51.6 Å². The molecule has 0 aliphatic rings. The maximum atomic E-state index is 12.3. The van der Waals surface area contributed by atoms with E-state index in [1.165, 1.54) is 0 Å². The number of aryl methyl sites for hydroxylation is 1. The zero-order chi connectivity index (χ0) is 13.1. The molecule has 0 bridgehead atoms. The second kappa shape index (κ2) is 5.51. The minimum absolute atomic E-state index is 0.0167. The summed E-state index contributed by atoms with van der Waals surface area (Å²) in [6.07, 6.45) is 3.61. The number of nitrogens with zero attached hydrogens (tertiary/aromatic N) is 3. The summed E-state index contributed by atoms with van der Waals surface area (Å²) in [6, 6.07) is 7.59. The van der Waals surface area contributed by atoms with E-state index in [1.54, 1.807) is 18.1 Å². The first-order valence-corrected chi connectivity index (χ1v) is 6.63. The Bertz CT molecular complexity index is 565. The van der Waals surface area contributed by atoms with Crippen molar-refractivity contribution < 1.29 is 4.79 Å². The zero-order valence-corrected chi connectivity index (χ0v) is 12.5. The molecule has 0 spiro atoms. The van der Waals surface area contributed by atoms with Crippen molar-refractivity contribution in [1.29, 1.82) is 0 Å². The van der Waals surface area contributed by atoms with E-state index in [1.807, 2.05) is 42.1 Å². The monoisotopic (exact) mass is 355 g/mol. The summed E-state index contributed by atoms with van der Waals surface area (Å²) in [5.74, 6) is 0.889. The molecule has 0 radical (unpaired) electrons. The van der Waals surface area contributed by atoms with E-state index < -0.39 is 0 Å². The Balaban J connectivity index is 2.15. The summed E-state index contributed by atoms with van der Waals surface area (Å²) in [4.78, 5) is 18.2. The fourth-order valence-corrected chi connectivity index (χ4v) is 2.29. The van der Waals surface area contributed by atoms with Crippen LogP contribution in [0.25, 0.3) is 0 Å². The van der Waals surface area contributed by atoms with Gasteiger partial charge in [-0.05, 0) is 34.7 Å². The van der Waals surface area contributed by atoms with Gasteiger partial charge in [0.15, 0.2) is 0 Å². The lowest BCUT2D eigenvalue weighted by Crippen LogP contribution is -2.28. The number of aromatic nitrogens is 2. The van der Waals surface area contributed by atoms with Gasteiger partial charge in [0, 0.05) is 30.1 Å². The Kier molecular flexibility index (Phi) is 4.00. The van der Waals surface area contributed by atoms with Crippen LogP contribution in [-0.4, -0.2) is 27.4 Å². The minimum atomic E-state index is 0.0167. The molecule has 0 saturated carbocycles. The highest BCUT2D eigenvalue weighted by molar-refractivity contribution is 14.1. The van der Waals surface area contributed by atoms with E-state index in [2.05, 4.69) is 27.6 Å². The Morgan fingerprint density at radius 1 is 1.44 bits per heavy atom. The normalized spacial score (nSPS) is 10.4.